The van der Waals surface area contributed by atoms with Gasteiger partial charge in [0.2, 0.25) is 17.7 Å². The quantitative estimate of drug-likeness (QED) is 0.0201. The van der Waals surface area contributed by atoms with Crippen molar-refractivity contribution in [1.82, 2.24) is 51.8 Å². The van der Waals surface area contributed by atoms with Crippen molar-refractivity contribution >= 4 is 63.0 Å². The second-order valence-electron chi connectivity index (χ2n) is 21.1. The topological polar surface area (TPSA) is 292 Å². The number of nitrogens with two attached hydrogens (primary N) is 1. The lowest BCUT2D eigenvalue weighted by Crippen LogP contribution is -2.69. The molecule has 0 saturated carbocycles. The van der Waals surface area contributed by atoms with Crippen LogP contribution in [0.5, 0.6) is 0 Å². The van der Waals surface area contributed by atoms with Crippen LogP contribution in [-0.4, -0.2) is 119 Å². The van der Waals surface area contributed by atoms with Crippen LogP contribution in [0.4, 0.5) is 0 Å². The molecule has 1 saturated heterocycles. The van der Waals surface area contributed by atoms with Gasteiger partial charge >= 0.3 is 21.4 Å². The van der Waals surface area contributed by atoms with Gasteiger partial charge in [0.05, 0.1) is 30.2 Å². The lowest BCUT2D eigenvalue weighted by Gasteiger charge is -2.41. The number of benzene rings is 3. The summed E-state index contributed by atoms with van der Waals surface area (Å²) in [4.78, 5) is 106. The third kappa shape index (κ3) is 20.0. The second-order valence-corrected chi connectivity index (χ2v) is 21.1. The molecule has 3 aromatic carbocycles. The number of carbonyl (C=O) groups is 6. The van der Waals surface area contributed by atoms with Gasteiger partial charge in [-0.05, 0) is 53.7 Å². The Balaban J connectivity index is 1.40. The van der Waals surface area contributed by atoms with E-state index < -0.39 is 92.7 Å². The fraction of sp³-hybridized carbons (Fsp3) is 0.362. The zero-order valence-electron chi connectivity index (χ0n) is 47.2. The zero-order chi connectivity index (χ0) is 59.0. The minimum atomic E-state index is -1.33. The number of aliphatic imine (C=N–C) groups is 1. The maximum absolute atomic E-state index is 14.9. The number of hydrogen-bond donors (Lipinski definition) is 7. The maximum Gasteiger partial charge on any atom is 0.453 e. The van der Waals surface area contributed by atoms with Crippen molar-refractivity contribution in [3.05, 3.63) is 181 Å². The fourth-order valence-electron chi connectivity index (χ4n) is 9.17. The van der Waals surface area contributed by atoms with Gasteiger partial charge < -0.3 is 51.3 Å². The van der Waals surface area contributed by atoms with Gasteiger partial charge in [-0.3, -0.25) is 38.7 Å². The van der Waals surface area contributed by atoms with Gasteiger partial charge in [0.15, 0.2) is 0 Å². The number of aromatic nitrogens is 4. The summed E-state index contributed by atoms with van der Waals surface area (Å²) in [7, 11) is -3.97. The number of rotatable bonds is 29. The van der Waals surface area contributed by atoms with Crippen LogP contribution in [-0.2, 0) is 52.2 Å². The highest BCUT2D eigenvalue weighted by Crippen LogP contribution is 2.25. The van der Waals surface area contributed by atoms with E-state index in [1.165, 1.54) is 49.5 Å². The van der Waals surface area contributed by atoms with E-state index in [-0.39, 0.29) is 73.4 Å². The van der Waals surface area contributed by atoms with Crippen LogP contribution in [0.15, 0.2) is 158 Å². The second kappa shape index (κ2) is 32.2. The minimum Gasteiger partial charge on any atom is -0.450 e. The molecule has 24 heteroatoms. The van der Waals surface area contributed by atoms with E-state index in [4.69, 9.17) is 19.4 Å². The molecular weight excluding hydrogens is 1040 g/mol. The Hall–Kier alpha value is -8.34. The molecule has 21 nitrogen and oxygen atoms in total. The average Bonchev–Trinajstić information content (AvgIpc) is 3.67. The molecule has 3 heterocycles. The molecular formula is C58H73B3N12O9. The molecule has 6 atom stereocenters. The maximum atomic E-state index is 14.9. The van der Waals surface area contributed by atoms with Crippen molar-refractivity contribution in [2.45, 2.75) is 116 Å². The minimum absolute atomic E-state index is 0.00715. The van der Waals surface area contributed by atoms with Crippen LogP contribution in [0.25, 0.3) is 0 Å². The Labute approximate surface area is 480 Å². The highest BCUT2D eigenvalue weighted by Gasteiger charge is 2.52. The molecule has 0 spiro atoms. The van der Waals surface area contributed by atoms with Crippen LogP contribution >= 0.6 is 0 Å². The molecule has 6 rings (SSSR count). The fourth-order valence-corrected chi connectivity index (χ4v) is 9.17. The number of allylic oxidation sites excluding steroid dienone is 1. The molecule has 2 aromatic heterocycles. The largest absolute Gasteiger partial charge is 0.453 e. The molecule has 428 valence electrons. The van der Waals surface area contributed by atoms with E-state index in [1.807, 2.05) is 133 Å². The van der Waals surface area contributed by atoms with Gasteiger partial charge in [-0.1, -0.05) is 145 Å². The summed E-state index contributed by atoms with van der Waals surface area (Å²) >= 11 is 0. The Kier molecular flexibility index (Phi) is 24.7. The van der Waals surface area contributed by atoms with Crippen LogP contribution in [0.1, 0.15) is 98.5 Å². The summed E-state index contributed by atoms with van der Waals surface area (Å²) in [6.45, 7) is 15.4. The summed E-state index contributed by atoms with van der Waals surface area (Å²) in [5.74, 6) is -6.80. The first-order chi connectivity index (χ1) is 39.5. The Morgan fingerprint density at radius 3 is 1.16 bits per heavy atom. The molecule has 1 aliphatic heterocycles. The van der Waals surface area contributed by atoms with Crippen LogP contribution in [0, 0.1) is 17.8 Å². The summed E-state index contributed by atoms with van der Waals surface area (Å²) in [6, 6.07) is 24.1. The number of carbonyl (C=O) groups excluding carboxylic acids is 6. The van der Waals surface area contributed by atoms with Gasteiger partial charge in [-0.2, -0.15) is 0 Å². The highest BCUT2D eigenvalue weighted by atomic mass is 16.7. The van der Waals surface area contributed by atoms with Crippen molar-refractivity contribution in [3.63, 3.8) is 0 Å². The number of hydrogen-bond acceptors (Lipinski definition) is 15. The molecule has 0 bridgehead atoms. The van der Waals surface area contributed by atoms with Gasteiger partial charge in [-0.15, -0.1) is 0 Å². The van der Waals surface area contributed by atoms with E-state index in [0.717, 1.165) is 22.9 Å². The summed E-state index contributed by atoms with van der Waals surface area (Å²) in [5, 5.41) is 17.9. The Morgan fingerprint density at radius 1 is 0.524 bits per heavy atom. The summed E-state index contributed by atoms with van der Waals surface area (Å²) < 4.78 is 20.6. The smallest absolute Gasteiger partial charge is 0.450 e. The van der Waals surface area contributed by atoms with E-state index >= 15 is 0 Å². The molecule has 5 aromatic rings. The monoisotopic (exact) mass is 1110 g/mol. The first-order valence-corrected chi connectivity index (χ1v) is 27.5. The predicted molar refractivity (Wildman–Crippen MR) is 315 cm³/mol. The van der Waals surface area contributed by atoms with Crippen LogP contribution < -0.4 is 37.6 Å². The first-order valence-electron chi connectivity index (χ1n) is 27.5. The summed E-state index contributed by atoms with van der Waals surface area (Å²) in [6.07, 6.45) is 13.0. The number of amides is 6. The van der Waals surface area contributed by atoms with Crippen LogP contribution in [0.2, 0.25) is 0 Å². The van der Waals surface area contributed by atoms with Crippen molar-refractivity contribution in [2.75, 3.05) is 0 Å². The van der Waals surface area contributed by atoms with Crippen molar-refractivity contribution in [1.29, 1.82) is 0 Å². The van der Waals surface area contributed by atoms with Crippen molar-refractivity contribution in [3.8, 4) is 0 Å². The zero-order valence-corrected chi connectivity index (χ0v) is 47.2. The highest BCUT2D eigenvalue weighted by molar-refractivity contribution is 6.75. The van der Waals surface area contributed by atoms with Crippen molar-refractivity contribution < 1.29 is 42.5 Å². The molecule has 1 fully saturated rings. The molecule has 6 unspecified atom stereocenters. The first kappa shape index (κ1) is 62.9. The van der Waals surface area contributed by atoms with E-state index in [9.17, 15) is 28.8 Å². The third-order valence-corrected chi connectivity index (χ3v) is 13.0. The lowest BCUT2D eigenvalue weighted by molar-refractivity contribution is -0.127. The number of nitrogens with zero attached hydrogens (tertiary/aromatic N) is 5. The van der Waals surface area contributed by atoms with E-state index in [2.05, 4.69) is 63.4 Å². The van der Waals surface area contributed by atoms with Gasteiger partial charge in [0, 0.05) is 56.5 Å². The molecule has 0 aliphatic carbocycles. The summed E-state index contributed by atoms with van der Waals surface area (Å²) in [5.41, 5.74) is 7.96. The Morgan fingerprint density at radius 2 is 0.866 bits per heavy atom. The molecule has 1 aliphatic rings. The molecule has 0 radical (unpaired) electrons. The van der Waals surface area contributed by atoms with Gasteiger partial charge in [0.1, 0.15) is 35.2 Å². The lowest BCUT2D eigenvalue weighted by atomic mass is 9.58. The normalized spacial score (nSPS) is 15.0. The van der Waals surface area contributed by atoms with Gasteiger partial charge in [-0.25, -0.2) is 15.0 Å². The molecule has 82 heavy (non-hydrogen) atoms. The van der Waals surface area contributed by atoms with Gasteiger partial charge in [0.25, 0.3) is 17.7 Å². The van der Waals surface area contributed by atoms with E-state index in [0.29, 0.717) is 0 Å². The number of nitrogens with one attached hydrogen (secondary N) is 6. The Bertz CT molecular complexity index is 2780. The average molecular weight is 1110 g/mol. The third-order valence-electron chi connectivity index (χ3n) is 13.0. The van der Waals surface area contributed by atoms with Crippen molar-refractivity contribution in [2.24, 2.45) is 28.5 Å². The molecule has 8 N–H and O–H groups in total. The predicted octanol–water partition coefficient (Wildman–Crippen LogP) is 4.17. The standard InChI is InChI=1S/C58H73B3N12O9/c1-8-24-65-47(35-62)56(77)68-44(32-41-18-12-9-13-19-41)53(74)71-50(29-38(2)3)59-80-60(51(30-39(4)5)72-54(75)45(33-42-20-14-10-15-21-42)69-57(78)48-36-63-25-27-66-48)82-61(81-59)52(31-40(6)7)73-55(76)46(34-43-22-16-11-17-23-43)70-58(79)49-37-64-26-28-67-49/h8-28,35-40,44-46,50-52H,1,29-34,62H2,2-7H3,(H,68,77)(H,69,78)(H,70,79)(H,71,74)(H,72,75)(H,73,76)/b47-35-,65-24?. The SMILES string of the molecule is C=CC=N/C(=C\N)C(=O)NC(Cc1ccccc1)C(=O)NC(CC(C)C)B1OB(C(CC(C)C)NC(=O)C(Cc2ccccc2)NC(=O)c2cnccn2)OB(C(CC(C)C)NC(=O)C(Cc2ccccc2)NC(=O)c2cnccn2)O1. The molecule has 6 amide bonds. The van der Waals surface area contributed by atoms with Crippen LogP contribution in [0.3, 0.4) is 0 Å². The van der Waals surface area contributed by atoms with E-state index in [1.54, 1.807) is 0 Å².